The van der Waals surface area contributed by atoms with Crippen molar-refractivity contribution in [2.24, 2.45) is 5.73 Å². The Hall–Kier alpha value is -1.19. The lowest BCUT2D eigenvalue weighted by molar-refractivity contribution is 0.598. The van der Waals surface area contributed by atoms with Gasteiger partial charge in [0.05, 0.1) is 6.04 Å². The normalized spacial score (nSPS) is 12.5. The summed E-state index contributed by atoms with van der Waals surface area (Å²) < 4.78 is 14.5. The first kappa shape index (κ1) is 12.3. The first-order chi connectivity index (χ1) is 8.09. The van der Waals surface area contributed by atoms with Crippen molar-refractivity contribution >= 4 is 15.9 Å². The number of aryl methyl sites for hydroxylation is 1. The minimum Gasteiger partial charge on any atom is -0.320 e. The lowest BCUT2D eigenvalue weighted by Gasteiger charge is -2.16. The van der Waals surface area contributed by atoms with E-state index in [0.717, 1.165) is 15.6 Å². The van der Waals surface area contributed by atoms with Crippen LogP contribution in [0.5, 0.6) is 0 Å². The van der Waals surface area contributed by atoms with E-state index in [1.54, 1.807) is 12.1 Å². The molecule has 0 spiro atoms. The second kappa shape index (κ2) is 4.98. The van der Waals surface area contributed by atoms with Crippen LogP contribution in [0.4, 0.5) is 4.39 Å². The maximum absolute atomic E-state index is 13.8. The van der Waals surface area contributed by atoms with Gasteiger partial charge in [-0.2, -0.15) is 0 Å². The summed E-state index contributed by atoms with van der Waals surface area (Å²) in [5, 5.41) is 0. The van der Waals surface area contributed by atoms with Gasteiger partial charge in [-0.05, 0) is 30.2 Å². The molecule has 1 unspecified atom stereocenters. The van der Waals surface area contributed by atoms with Crippen molar-refractivity contribution < 1.29 is 4.39 Å². The summed E-state index contributed by atoms with van der Waals surface area (Å²) in [7, 11) is 0. The Balaban J connectivity index is 2.44. The standard InChI is InChI=1S/C14H13BrFN/c1-9-4-2-3-5-11(9)14(17)12-7-6-10(15)8-13(12)16/h2-8,14H,17H2,1H3. The van der Waals surface area contributed by atoms with E-state index in [1.165, 1.54) is 6.07 Å². The van der Waals surface area contributed by atoms with Gasteiger partial charge >= 0.3 is 0 Å². The Bertz CT molecular complexity index is 539. The van der Waals surface area contributed by atoms with Crippen molar-refractivity contribution in [1.82, 2.24) is 0 Å². The summed E-state index contributed by atoms with van der Waals surface area (Å²) in [5.41, 5.74) is 8.65. The maximum atomic E-state index is 13.8. The summed E-state index contributed by atoms with van der Waals surface area (Å²) in [5.74, 6) is -0.282. The van der Waals surface area contributed by atoms with Gasteiger partial charge < -0.3 is 5.73 Å². The Morgan fingerprint density at radius 1 is 1.12 bits per heavy atom. The molecule has 2 N–H and O–H groups in total. The highest BCUT2D eigenvalue weighted by Gasteiger charge is 2.15. The fourth-order valence-corrected chi connectivity index (χ4v) is 2.19. The molecule has 1 atom stereocenters. The van der Waals surface area contributed by atoms with Crippen LogP contribution in [0.2, 0.25) is 0 Å². The molecular weight excluding hydrogens is 281 g/mol. The number of benzene rings is 2. The van der Waals surface area contributed by atoms with E-state index in [4.69, 9.17) is 5.73 Å². The minimum atomic E-state index is -0.427. The Morgan fingerprint density at radius 3 is 2.47 bits per heavy atom. The Morgan fingerprint density at radius 2 is 1.82 bits per heavy atom. The van der Waals surface area contributed by atoms with E-state index in [1.807, 2.05) is 31.2 Å². The molecule has 0 aliphatic carbocycles. The van der Waals surface area contributed by atoms with Crippen LogP contribution in [0.1, 0.15) is 22.7 Å². The molecule has 0 heterocycles. The summed E-state index contributed by atoms with van der Waals surface area (Å²) in [4.78, 5) is 0. The minimum absolute atomic E-state index is 0.282. The lowest BCUT2D eigenvalue weighted by atomic mass is 9.95. The third kappa shape index (κ3) is 2.56. The van der Waals surface area contributed by atoms with Crippen molar-refractivity contribution in [2.75, 3.05) is 0 Å². The summed E-state index contributed by atoms with van der Waals surface area (Å²) >= 11 is 3.24. The molecule has 17 heavy (non-hydrogen) atoms. The second-order valence-electron chi connectivity index (χ2n) is 4.00. The number of hydrogen-bond acceptors (Lipinski definition) is 1. The molecule has 0 aliphatic rings. The lowest BCUT2D eigenvalue weighted by Crippen LogP contribution is -2.14. The fourth-order valence-electron chi connectivity index (χ4n) is 1.86. The van der Waals surface area contributed by atoms with Gasteiger partial charge in [0.1, 0.15) is 5.82 Å². The molecule has 2 rings (SSSR count). The monoisotopic (exact) mass is 293 g/mol. The zero-order valence-corrected chi connectivity index (χ0v) is 11.0. The molecule has 0 fully saturated rings. The van der Waals surface area contributed by atoms with Crippen molar-refractivity contribution in [1.29, 1.82) is 0 Å². The van der Waals surface area contributed by atoms with Gasteiger partial charge in [0, 0.05) is 10.0 Å². The topological polar surface area (TPSA) is 26.0 Å². The molecule has 0 saturated heterocycles. The van der Waals surface area contributed by atoms with Crippen molar-refractivity contribution in [3.8, 4) is 0 Å². The van der Waals surface area contributed by atoms with Crippen LogP contribution in [0.3, 0.4) is 0 Å². The number of rotatable bonds is 2. The van der Waals surface area contributed by atoms with E-state index in [9.17, 15) is 4.39 Å². The van der Waals surface area contributed by atoms with E-state index in [-0.39, 0.29) is 5.82 Å². The molecule has 1 nitrogen and oxygen atoms in total. The smallest absolute Gasteiger partial charge is 0.129 e. The predicted molar refractivity (Wildman–Crippen MR) is 71.3 cm³/mol. The molecule has 0 saturated carbocycles. The number of nitrogens with two attached hydrogens (primary N) is 1. The van der Waals surface area contributed by atoms with Crippen LogP contribution in [0.15, 0.2) is 46.9 Å². The average molecular weight is 294 g/mol. The third-order valence-electron chi connectivity index (χ3n) is 2.82. The largest absolute Gasteiger partial charge is 0.320 e. The van der Waals surface area contributed by atoms with E-state index in [0.29, 0.717) is 5.56 Å². The van der Waals surface area contributed by atoms with Crippen molar-refractivity contribution in [3.05, 3.63) is 69.4 Å². The molecular formula is C14H13BrFN. The van der Waals surface area contributed by atoms with Crippen LogP contribution in [-0.4, -0.2) is 0 Å². The van der Waals surface area contributed by atoms with E-state index < -0.39 is 6.04 Å². The summed E-state index contributed by atoms with van der Waals surface area (Å²) in [6.45, 7) is 1.98. The Labute approximate surface area is 109 Å². The van der Waals surface area contributed by atoms with Crippen molar-refractivity contribution in [2.45, 2.75) is 13.0 Å². The van der Waals surface area contributed by atoms with Crippen molar-refractivity contribution in [3.63, 3.8) is 0 Å². The average Bonchev–Trinajstić information content (AvgIpc) is 2.29. The number of hydrogen-bond donors (Lipinski definition) is 1. The predicted octanol–water partition coefficient (Wildman–Crippen LogP) is 3.94. The molecule has 0 aliphatic heterocycles. The Kier molecular flexibility index (Phi) is 3.60. The highest BCUT2D eigenvalue weighted by Crippen LogP contribution is 2.26. The zero-order chi connectivity index (χ0) is 12.4. The van der Waals surface area contributed by atoms with Gasteiger partial charge in [0.2, 0.25) is 0 Å². The van der Waals surface area contributed by atoms with Crippen LogP contribution in [0, 0.1) is 12.7 Å². The molecule has 0 bridgehead atoms. The number of halogens is 2. The van der Waals surface area contributed by atoms with Crippen LogP contribution in [0.25, 0.3) is 0 Å². The van der Waals surface area contributed by atoms with Crippen LogP contribution >= 0.6 is 15.9 Å². The van der Waals surface area contributed by atoms with Gasteiger partial charge in [0.15, 0.2) is 0 Å². The summed E-state index contributed by atoms with van der Waals surface area (Å²) in [6, 6.07) is 12.3. The van der Waals surface area contributed by atoms with Crippen LogP contribution in [-0.2, 0) is 0 Å². The first-order valence-corrected chi connectivity index (χ1v) is 6.15. The molecule has 0 radical (unpaired) electrons. The third-order valence-corrected chi connectivity index (χ3v) is 3.31. The molecule has 0 aromatic heterocycles. The highest BCUT2D eigenvalue weighted by atomic mass is 79.9. The molecule has 88 valence electrons. The second-order valence-corrected chi connectivity index (χ2v) is 4.92. The first-order valence-electron chi connectivity index (χ1n) is 5.35. The van der Waals surface area contributed by atoms with E-state index in [2.05, 4.69) is 15.9 Å². The molecule has 2 aromatic rings. The van der Waals surface area contributed by atoms with Gasteiger partial charge in [-0.3, -0.25) is 0 Å². The quantitative estimate of drug-likeness (QED) is 0.892. The summed E-state index contributed by atoms with van der Waals surface area (Å²) in [6.07, 6.45) is 0. The molecule has 0 amide bonds. The van der Waals surface area contributed by atoms with Gasteiger partial charge in [0.25, 0.3) is 0 Å². The van der Waals surface area contributed by atoms with Gasteiger partial charge in [-0.1, -0.05) is 46.3 Å². The van der Waals surface area contributed by atoms with Gasteiger partial charge in [-0.15, -0.1) is 0 Å². The van der Waals surface area contributed by atoms with Crippen LogP contribution < -0.4 is 5.73 Å². The molecule has 3 heteroatoms. The fraction of sp³-hybridized carbons (Fsp3) is 0.143. The SMILES string of the molecule is Cc1ccccc1C(N)c1ccc(Br)cc1F. The van der Waals surface area contributed by atoms with E-state index >= 15 is 0 Å². The highest BCUT2D eigenvalue weighted by molar-refractivity contribution is 9.10. The molecule has 2 aromatic carbocycles. The van der Waals surface area contributed by atoms with Gasteiger partial charge in [-0.25, -0.2) is 4.39 Å². The zero-order valence-electron chi connectivity index (χ0n) is 9.45. The maximum Gasteiger partial charge on any atom is 0.129 e.